The molecule has 4 fully saturated rings. The Morgan fingerprint density at radius 3 is 2.17 bits per heavy atom. The first kappa shape index (κ1) is 13.0. The van der Waals surface area contributed by atoms with Crippen LogP contribution in [0.1, 0.15) is 51.9 Å². The van der Waals surface area contributed by atoms with E-state index in [4.69, 9.17) is 0 Å². The van der Waals surface area contributed by atoms with Crippen LogP contribution in [0.25, 0.3) is 0 Å². The molecule has 1 unspecified atom stereocenters. The third kappa shape index (κ3) is 2.61. The largest absolute Gasteiger partial charge is 0.355 e. The number of hydrogen-bond acceptors (Lipinski definition) is 1. The molecule has 4 bridgehead atoms. The van der Waals surface area contributed by atoms with Crippen molar-refractivity contribution in [2.24, 2.45) is 23.2 Å². The quantitative estimate of drug-likeness (QED) is 0.791. The van der Waals surface area contributed by atoms with Gasteiger partial charge in [-0.3, -0.25) is 4.79 Å². The number of carbonyl (C=O) groups excluding carboxylic acids is 1. The van der Waals surface area contributed by atoms with Crippen molar-refractivity contribution in [1.29, 1.82) is 0 Å². The summed E-state index contributed by atoms with van der Waals surface area (Å²) in [6.07, 6.45) is 9.15. The highest BCUT2D eigenvalue weighted by Gasteiger charge is 2.51. The topological polar surface area (TPSA) is 29.1 Å². The zero-order valence-corrected chi connectivity index (χ0v) is 12.8. The molecule has 4 aliphatic carbocycles. The molecule has 0 radical (unpaired) electrons. The zero-order valence-electron chi connectivity index (χ0n) is 11.3. The molecule has 1 N–H and O–H groups in total. The fraction of sp³-hybridized carbons (Fsp3) is 0.933. The molecule has 4 aliphatic rings. The second kappa shape index (κ2) is 4.81. The predicted octanol–water partition coefficient (Wildman–Crippen LogP) is 3.49. The fourth-order valence-corrected chi connectivity index (χ4v) is 5.33. The summed E-state index contributed by atoms with van der Waals surface area (Å²) >= 11 is 3.48. The summed E-state index contributed by atoms with van der Waals surface area (Å²) < 4.78 is 0. The van der Waals surface area contributed by atoms with Crippen LogP contribution in [0.5, 0.6) is 0 Å². The van der Waals surface area contributed by atoms with Crippen LogP contribution < -0.4 is 5.32 Å². The third-order valence-electron chi connectivity index (χ3n) is 5.28. The van der Waals surface area contributed by atoms with Crippen LogP contribution in [0.2, 0.25) is 0 Å². The molecular weight excluding hydrogens is 290 g/mol. The van der Waals surface area contributed by atoms with Crippen LogP contribution in [0.3, 0.4) is 0 Å². The predicted molar refractivity (Wildman–Crippen MR) is 76.6 cm³/mol. The first-order chi connectivity index (χ1) is 8.55. The summed E-state index contributed by atoms with van der Waals surface area (Å²) in [6, 6.07) is 0. The van der Waals surface area contributed by atoms with Crippen LogP contribution in [0, 0.1) is 23.2 Å². The molecule has 18 heavy (non-hydrogen) atoms. The van der Waals surface area contributed by atoms with Gasteiger partial charge in [-0.25, -0.2) is 0 Å². The van der Waals surface area contributed by atoms with Crippen LogP contribution in [0.15, 0.2) is 0 Å². The Morgan fingerprint density at radius 2 is 1.72 bits per heavy atom. The maximum Gasteiger partial charge on any atom is 0.220 e. The molecule has 0 spiro atoms. The Balaban J connectivity index is 1.60. The highest BCUT2D eigenvalue weighted by atomic mass is 79.9. The number of carbonyl (C=O) groups is 1. The SMILES string of the molecule is CC(Br)CNC(=O)CC12CC3CC(CC(C3)C1)C2. The van der Waals surface area contributed by atoms with Crippen molar-refractivity contribution in [3.8, 4) is 0 Å². The van der Waals surface area contributed by atoms with E-state index in [0.717, 1.165) is 30.7 Å². The molecule has 0 aliphatic heterocycles. The second-order valence-corrected chi connectivity index (χ2v) is 8.74. The molecule has 0 heterocycles. The van der Waals surface area contributed by atoms with Gasteiger partial charge in [0.15, 0.2) is 0 Å². The number of halogens is 1. The van der Waals surface area contributed by atoms with Crippen molar-refractivity contribution in [2.75, 3.05) is 6.54 Å². The standard InChI is InChI=1S/C15H24BrNO/c1-10(16)9-17-14(18)8-15-5-11-2-12(6-15)4-13(3-11)7-15/h10-13H,2-9H2,1H3,(H,17,18). The minimum atomic E-state index is 0.281. The van der Waals surface area contributed by atoms with Gasteiger partial charge in [0.25, 0.3) is 0 Å². The Morgan fingerprint density at radius 1 is 1.22 bits per heavy atom. The average molecular weight is 314 g/mol. The lowest BCUT2D eigenvalue weighted by molar-refractivity contribution is -0.129. The van der Waals surface area contributed by atoms with Crippen LogP contribution >= 0.6 is 15.9 Å². The molecule has 1 atom stereocenters. The fourth-order valence-electron chi connectivity index (χ4n) is 5.16. The maximum absolute atomic E-state index is 12.1. The highest BCUT2D eigenvalue weighted by molar-refractivity contribution is 9.09. The molecule has 2 nitrogen and oxygen atoms in total. The Labute approximate surface area is 118 Å². The molecule has 4 rings (SSSR count). The van der Waals surface area contributed by atoms with Crippen molar-refractivity contribution in [2.45, 2.75) is 56.7 Å². The van der Waals surface area contributed by atoms with Crippen molar-refractivity contribution in [1.82, 2.24) is 5.32 Å². The molecule has 0 aromatic heterocycles. The van der Waals surface area contributed by atoms with Gasteiger partial charge in [-0.2, -0.15) is 0 Å². The van der Waals surface area contributed by atoms with E-state index in [-0.39, 0.29) is 5.91 Å². The van der Waals surface area contributed by atoms with E-state index in [0.29, 0.717) is 10.2 Å². The van der Waals surface area contributed by atoms with Crippen molar-refractivity contribution in [3.05, 3.63) is 0 Å². The monoisotopic (exact) mass is 313 g/mol. The maximum atomic E-state index is 12.1. The molecule has 0 aromatic carbocycles. The van der Waals surface area contributed by atoms with Gasteiger partial charge in [0.1, 0.15) is 0 Å². The van der Waals surface area contributed by atoms with E-state index in [2.05, 4.69) is 28.2 Å². The minimum absolute atomic E-state index is 0.281. The molecule has 102 valence electrons. The Bertz CT molecular complexity index is 304. The van der Waals surface area contributed by atoms with Crippen molar-refractivity contribution >= 4 is 21.8 Å². The summed E-state index contributed by atoms with van der Waals surface area (Å²) in [4.78, 5) is 12.5. The van der Waals surface area contributed by atoms with E-state index in [1.165, 1.54) is 38.5 Å². The van der Waals surface area contributed by atoms with E-state index in [9.17, 15) is 4.79 Å². The Kier molecular flexibility index (Phi) is 3.46. The molecule has 0 saturated heterocycles. The summed E-state index contributed by atoms with van der Waals surface area (Å²) in [6.45, 7) is 2.83. The number of alkyl halides is 1. The van der Waals surface area contributed by atoms with Gasteiger partial charge < -0.3 is 5.32 Å². The zero-order chi connectivity index (χ0) is 12.8. The molecule has 0 aromatic rings. The third-order valence-corrected chi connectivity index (χ3v) is 5.60. The summed E-state index contributed by atoms with van der Waals surface area (Å²) in [5.74, 6) is 3.11. The van der Waals surface area contributed by atoms with Crippen LogP contribution in [-0.2, 0) is 4.79 Å². The normalized spacial score (nSPS) is 42.9. The lowest BCUT2D eigenvalue weighted by atomic mass is 9.49. The summed E-state index contributed by atoms with van der Waals surface area (Å²) in [5.41, 5.74) is 0.383. The minimum Gasteiger partial charge on any atom is -0.355 e. The van der Waals surface area contributed by atoms with E-state index < -0.39 is 0 Å². The molecule has 1 amide bonds. The summed E-state index contributed by atoms with van der Waals surface area (Å²) in [5, 5.41) is 3.07. The van der Waals surface area contributed by atoms with Crippen molar-refractivity contribution in [3.63, 3.8) is 0 Å². The van der Waals surface area contributed by atoms with Gasteiger partial charge in [-0.1, -0.05) is 22.9 Å². The van der Waals surface area contributed by atoms with Crippen LogP contribution in [-0.4, -0.2) is 17.3 Å². The van der Waals surface area contributed by atoms with Gasteiger partial charge in [0, 0.05) is 17.8 Å². The number of hydrogen-bond donors (Lipinski definition) is 1. The van der Waals surface area contributed by atoms with Gasteiger partial charge in [0.2, 0.25) is 5.91 Å². The Hall–Kier alpha value is -0.0500. The average Bonchev–Trinajstić information content (AvgIpc) is 2.23. The number of amides is 1. The smallest absolute Gasteiger partial charge is 0.220 e. The van der Waals surface area contributed by atoms with Gasteiger partial charge in [-0.15, -0.1) is 0 Å². The highest BCUT2D eigenvalue weighted by Crippen LogP contribution is 2.61. The van der Waals surface area contributed by atoms with Crippen LogP contribution in [0.4, 0.5) is 0 Å². The van der Waals surface area contributed by atoms with Gasteiger partial charge in [-0.05, 0) is 61.7 Å². The first-order valence-corrected chi connectivity index (χ1v) is 8.37. The van der Waals surface area contributed by atoms with Gasteiger partial charge in [0.05, 0.1) is 0 Å². The van der Waals surface area contributed by atoms with Crippen molar-refractivity contribution < 1.29 is 4.79 Å². The second-order valence-electron chi connectivity index (χ2n) is 7.18. The van der Waals surface area contributed by atoms with E-state index >= 15 is 0 Å². The van der Waals surface area contributed by atoms with Gasteiger partial charge >= 0.3 is 0 Å². The first-order valence-electron chi connectivity index (χ1n) is 7.45. The lowest BCUT2D eigenvalue weighted by Gasteiger charge is -2.56. The summed E-state index contributed by atoms with van der Waals surface area (Å²) in [7, 11) is 0. The molecular formula is C15H24BrNO. The number of nitrogens with one attached hydrogen (secondary N) is 1. The van der Waals surface area contributed by atoms with E-state index in [1.54, 1.807) is 0 Å². The number of rotatable bonds is 4. The lowest BCUT2D eigenvalue weighted by Crippen LogP contribution is -2.48. The molecule has 3 heteroatoms. The van der Waals surface area contributed by atoms with E-state index in [1.807, 2.05) is 0 Å². The molecule has 4 saturated carbocycles.